The first kappa shape index (κ1) is 24.9. The minimum absolute atomic E-state index is 0.0979. The zero-order valence-corrected chi connectivity index (χ0v) is 19.8. The molecule has 1 saturated heterocycles. The van der Waals surface area contributed by atoms with Gasteiger partial charge in [-0.15, -0.1) is 11.8 Å². The van der Waals surface area contributed by atoms with Crippen molar-refractivity contribution in [3.05, 3.63) is 48.2 Å². The van der Waals surface area contributed by atoms with Crippen molar-refractivity contribution in [2.24, 2.45) is 0 Å². The third-order valence-corrected chi connectivity index (χ3v) is 7.26. The van der Waals surface area contributed by atoms with Crippen molar-refractivity contribution < 1.29 is 29.7 Å². The molecule has 1 fully saturated rings. The van der Waals surface area contributed by atoms with Crippen molar-refractivity contribution in [2.45, 2.75) is 36.6 Å². The summed E-state index contributed by atoms with van der Waals surface area (Å²) in [4.78, 5) is 45.4. The number of phenols is 2. The van der Waals surface area contributed by atoms with Crippen molar-refractivity contribution in [1.82, 2.24) is 14.8 Å². The lowest BCUT2D eigenvalue weighted by Gasteiger charge is -2.31. The molecule has 11 heteroatoms. The maximum absolute atomic E-state index is 13.1. The average molecular weight is 492 g/mol. The number of pyridine rings is 1. The lowest BCUT2D eigenvalue weighted by molar-refractivity contribution is -0.149. The summed E-state index contributed by atoms with van der Waals surface area (Å²) >= 11 is 2.44. The second-order valence-corrected chi connectivity index (χ2v) is 9.61. The van der Waals surface area contributed by atoms with E-state index in [4.69, 9.17) is 0 Å². The summed E-state index contributed by atoms with van der Waals surface area (Å²) in [5.74, 6) is -0.910. The van der Waals surface area contributed by atoms with Crippen molar-refractivity contribution in [3.63, 3.8) is 0 Å². The summed E-state index contributed by atoms with van der Waals surface area (Å²) in [7, 11) is 1.42. The standard InChI is InChI=1S/C22H25N3O6S2/c1-13(24(2)21(30)18(28)10-14-6-7-16(26)17(27)9-14)20(29)25-12-32-11-15(25)22(31)33-19-5-3-4-8-23-19/h3-9,13,15,18,26-28H,10-12H2,1-2H3. The van der Waals surface area contributed by atoms with Gasteiger partial charge in [0.1, 0.15) is 23.2 Å². The van der Waals surface area contributed by atoms with Gasteiger partial charge >= 0.3 is 0 Å². The van der Waals surface area contributed by atoms with E-state index in [2.05, 4.69) is 4.98 Å². The maximum atomic E-state index is 13.1. The van der Waals surface area contributed by atoms with Crippen LogP contribution in [-0.2, 0) is 20.8 Å². The first-order valence-electron chi connectivity index (χ1n) is 10.2. The zero-order chi connectivity index (χ0) is 24.1. The number of carbonyl (C=O) groups excluding carboxylic acids is 3. The van der Waals surface area contributed by atoms with Gasteiger partial charge in [-0.2, -0.15) is 0 Å². The van der Waals surface area contributed by atoms with E-state index in [9.17, 15) is 29.7 Å². The minimum Gasteiger partial charge on any atom is -0.504 e. The Bertz CT molecular complexity index is 1020. The molecule has 2 heterocycles. The lowest BCUT2D eigenvalue weighted by atomic mass is 10.1. The van der Waals surface area contributed by atoms with Crippen LogP contribution in [0.5, 0.6) is 11.5 Å². The Balaban J connectivity index is 1.62. The molecule has 9 nitrogen and oxygen atoms in total. The maximum Gasteiger partial charge on any atom is 0.252 e. The number of thioether (sulfide) groups is 2. The number of hydrogen-bond donors (Lipinski definition) is 3. The molecule has 1 aliphatic rings. The molecular formula is C22H25N3O6S2. The van der Waals surface area contributed by atoms with Crippen LogP contribution in [0.25, 0.3) is 0 Å². The molecule has 1 aromatic heterocycles. The molecule has 0 radical (unpaired) electrons. The van der Waals surface area contributed by atoms with Crippen LogP contribution < -0.4 is 0 Å². The fraction of sp³-hybridized carbons (Fsp3) is 0.364. The number of amides is 2. The van der Waals surface area contributed by atoms with Gasteiger partial charge in [0.25, 0.3) is 5.91 Å². The molecular weight excluding hydrogens is 466 g/mol. The third kappa shape index (κ3) is 5.98. The molecule has 1 aromatic carbocycles. The van der Waals surface area contributed by atoms with Crippen LogP contribution in [0.15, 0.2) is 47.6 Å². The Kier molecular flexibility index (Phi) is 8.22. The zero-order valence-electron chi connectivity index (χ0n) is 18.1. The van der Waals surface area contributed by atoms with E-state index < -0.39 is 24.1 Å². The lowest BCUT2D eigenvalue weighted by Crippen LogP contribution is -2.53. The Morgan fingerprint density at radius 3 is 2.67 bits per heavy atom. The van der Waals surface area contributed by atoms with E-state index in [0.717, 1.165) is 16.7 Å². The number of aliphatic hydroxyl groups is 1. The van der Waals surface area contributed by atoms with Crippen molar-refractivity contribution in [1.29, 1.82) is 0 Å². The van der Waals surface area contributed by atoms with Crippen LogP contribution in [0.3, 0.4) is 0 Å². The minimum atomic E-state index is -1.45. The highest BCUT2D eigenvalue weighted by atomic mass is 32.2. The first-order chi connectivity index (χ1) is 15.7. The van der Waals surface area contributed by atoms with Crippen molar-refractivity contribution in [3.8, 4) is 11.5 Å². The van der Waals surface area contributed by atoms with E-state index in [1.165, 1.54) is 41.9 Å². The van der Waals surface area contributed by atoms with Crippen LogP contribution in [0.2, 0.25) is 0 Å². The Hall–Kier alpha value is -2.76. The summed E-state index contributed by atoms with van der Waals surface area (Å²) in [5.41, 5.74) is 0.451. The van der Waals surface area contributed by atoms with E-state index in [-0.39, 0.29) is 28.9 Å². The number of rotatable bonds is 7. The summed E-state index contributed by atoms with van der Waals surface area (Å²) in [6, 6.07) is 7.74. The highest BCUT2D eigenvalue weighted by molar-refractivity contribution is 8.13. The average Bonchev–Trinajstić information content (AvgIpc) is 3.30. The number of aromatic hydroxyl groups is 2. The fourth-order valence-electron chi connectivity index (χ4n) is 3.27. The summed E-state index contributed by atoms with van der Waals surface area (Å²) in [6.07, 6.45) is 0.0497. The molecule has 0 spiro atoms. The van der Waals surface area contributed by atoms with Crippen molar-refractivity contribution in [2.75, 3.05) is 18.7 Å². The fourth-order valence-corrected chi connectivity index (χ4v) is 5.35. The highest BCUT2D eigenvalue weighted by Gasteiger charge is 2.39. The molecule has 1 aliphatic heterocycles. The second-order valence-electron chi connectivity index (χ2n) is 7.58. The number of phenolic OH excluding ortho intramolecular Hbond substituents is 2. The Morgan fingerprint density at radius 2 is 2.00 bits per heavy atom. The number of carbonyl (C=O) groups is 3. The van der Waals surface area contributed by atoms with E-state index in [1.807, 2.05) is 0 Å². The summed E-state index contributed by atoms with van der Waals surface area (Å²) < 4.78 is 0. The topological polar surface area (TPSA) is 131 Å². The molecule has 2 amide bonds. The molecule has 176 valence electrons. The molecule has 2 aromatic rings. The monoisotopic (exact) mass is 491 g/mol. The van der Waals surface area contributed by atoms with E-state index in [1.54, 1.807) is 31.3 Å². The smallest absolute Gasteiger partial charge is 0.252 e. The highest BCUT2D eigenvalue weighted by Crippen LogP contribution is 2.29. The molecule has 3 atom stereocenters. The van der Waals surface area contributed by atoms with Gasteiger partial charge in [0.15, 0.2) is 11.5 Å². The van der Waals surface area contributed by atoms with Crippen LogP contribution in [0.1, 0.15) is 12.5 Å². The molecule has 33 heavy (non-hydrogen) atoms. The number of benzene rings is 1. The van der Waals surface area contributed by atoms with Crippen LogP contribution >= 0.6 is 23.5 Å². The van der Waals surface area contributed by atoms with Gasteiger partial charge in [-0.05, 0) is 48.5 Å². The van der Waals surface area contributed by atoms with Gasteiger partial charge in [0.05, 0.1) is 5.88 Å². The van der Waals surface area contributed by atoms with Gasteiger partial charge in [-0.1, -0.05) is 12.1 Å². The molecule has 0 saturated carbocycles. The number of aromatic nitrogens is 1. The third-order valence-electron chi connectivity index (χ3n) is 5.32. The molecule has 3 N–H and O–H groups in total. The summed E-state index contributed by atoms with van der Waals surface area (Å²) in [5, 5.41) is 29.7. The van der Waals surface area contributed by atoms with Crippen LogP contribution in [0, 0.1) is 0 Å². The second kappa shape index (κ2) is 10.9. The number of aliphatic hydroxyl groups excluding tert-OH is 1. The van der Waals surface area contributed by atoms with Crippen LogP contribution in [0.4, 0.5) is 0 Å². The normalized spacial score (nSPS) is 17.4. The van der Waals surface area contributed by atoms with E-state index in [0.29, 0.717) is 22.2 Å². The molecule has 3 unspecified atom stereocenters. The van der Waals surface area contributed by atoms with Gasteiger partial charge in [0.2, 0.25) is 11.0 Å². The van der Waals surface area contributed by atoms with Gasteiger partial charge in [-0.25, -0.2) is 4.98 Å². The van der Waals surface area contributed by atoms with Gasteiger partial charge in [-0.3, -0.25) is 14.4 Å². The molecule has 0 aliphatic carbocycles. The Morgan fingerprint density at radius 1 is 1.24 bits per heavy atom. The van der Waals surface area contributed by atoms with Gasteiger partial charge in [0, 0.05) is 25.4 Å². The number of hydrogen-bond acceptors (Lipinski definition) is 9. The molecule has 0 bridgehead atoms. The SMILES string of the molecule is CC(C(=O)N1CSCC1C(=O)Sc1ccccn1)N(C)C(=O)C(O)Cc1ccc(O)c(O)c1. The quantitative estimate of drug-likeness (QED) is 0.389. The van der Waals surface area contributed by atoms with E-state index >= 15 is 0 Å². The number of likely N-dealkylation sites (N-methyl/N-ethyl adjacent to an activating group) is 1. The Labute approximate surface area is 199 Å². The van der Waals surface area contributed by atoms with Gasteiger partial charge < -0.3 is 25.1 Å². The van der Waals surface area contributed by atoms with Crippen molar-refractivity contribution >= 4 is 40.5 Å². The summed E-state index contributed by atoms with van der Waals surface area (Å²) in [6.45, 7) is 1.55. The van der Waals surface area contributed by atoms with Crippen LogP contribution in [-0.4, -0.2) is 83.9 Å². The predicted molar refractivity (Wildman–Crippen MR) is 125 cm³/mol. The number of nitrogens with zero attached hydrogens (tertiary/aromatic N) is 3. The molecule has 3 rings (SSSR count). The predicted octanol–water partition coefficient (Wildman–Crippen LogP) is 1.46. The largest absolute Gasteiger partial charge is 0.504 e. The first-order valence-corrected chi connectivity index (χ1v) is 12.1.